The van der Waals surface area contributed by atoms with Crippen molar-refractivity contribution >= 4 is 65.1 Å². The second-order valence-corrected chi connectivity index (χ2v) is 16.5. The Labute approximate surface area is 374 Å². The summed E-state index contributed by atoms with van der Waals surface area (Å²) in [5, 5.41) is 30.3. The van der Waals surface area contributed by atoms with Crippen molar-refractivity contribution in [3.63, 3.8) is 0 Å². The van der Waals surface area contributed by atoms with Gasteiger partial charge in [0.2, 0.25) is 41.4 Å². The van der Waals surface area contributed by atoms with E-state index >= 15 is 0 Å². The first-order valence-corrected chi connectivity index (χ1v) is 22.5. The predicted molar refractivity (Wildman–Crippen MR) is 227 cm³/mol. The van der Waals surface area contributed by atoms with Crippen LogP contribution >= 0.6 is 11.8 Å². The van der Waals surface area contributed by atoms with Crippen LogP contribution in [0.15, 0.2) is 12.5 Å². The Morgan fingerprint density at radius 3 is 2.17 bits per heavy atom. The van der Waals surface area contributed by atoms with Crippen molar-refractivity contribution in [2.75, 3.05) is 84.7 Å². The number of likely N-dealkylation sites (tertiary alicyclic amines) is 1. The Morgan fingerprint density at radius 1 is 0.781 bits per heavy atom. The predicted octanol–water partition coefficient (Wildman–Crippen LogP) is -3.35. The van der Waals surface area contributed by atoms with Gasteiger partial charge in [-0.1, -0.05) is 6.42 Å². The van der Waals surface area contributed by atoms with Gasteiger partial charge in [0, 0.05) is 61.8 Å². The lowest BCUT2D eigenvalue weighted by atomic mass is 10.0. The molecule has 10 N–H and O–H groups in total. The standard InChI is InChI=1S/C39H61N11O13S/c51-30(6-2-1-5-29-36-28(23-64-29)48-39(60)49-36)41-9-12-61-13-14-62-15-16-63-22-33(54)42-19-31(52)47-27(17-25-18-40-24-45-25)38(59)43-20-32(53)46-26(7-8-35(56)57)37(58)44-21-34(55)50-10-3-4-11-50/h18,24,26-29,36H,1-17,19-23H2,(H,40,45)(H,41,51)(H,42,54)(H,43,59)(H,44,58)(H,46,53)(H,47,52)(H,56,57)(H2,48,49,60)/t26-,27-,28-,29-,36-/m0/s1. The van der Waals surface area contributed by atoms with Crippen molar-refractivity contribution in [3.05, 3.63) is 18.2 Å². The van der Waals surface area contributed by atoms with E-state index in [4.69, 9.17) is 19.3 Å². The molecule has 4 heterocycles. The fourth-order valence-corrected chi connectivity index (χ4v) is 8.51. The fourth-order valence-electron chi connectivity index (χ4n) is 6.97. The number of aromatic nitrogens is 2. The molecular weight excluding hydrogens is 863 g/mol. The number of carboxylic acid groups (broad SMARTS) is 1. The van der Waals surface area contributed by atoms with Crippen molar-refractivity contribution in [2.45, 2.75) is 87.2 Å². The molecule has 356 valence electrons. The Hall–Kier alpha value is -5.53. The van der Waals surface area contributed by atoms with Crippen molar-refractivity contribution in [3.8, 4) is 0 Å². The molecule has 0 radical (unpaired) electrons. The molecule has 9 amide bonds. The molecule has 0 aliphatic carbocycles. The number of urea groups is 1. The van der Waals surface area contributed by atoms with E-state index in [1.54, 1.807) is 4.90 Å². The largest absolute Gasteiger partial charge is 0.481 e. The molecule has 3 saturated heterocycles. The number of thioether (sulfide) groups is 1. The molecular formula is C39H61N11O13S. The first kappa shape index (κ1) is 51.1. The van der Waals surface area contributed by atoms with Crippen LogP contribution in [0.4, 0.5) is 4.79 Å². The maximum absolute atomic E-state index is 13.1. The molecule has 0 bridgehead atoms. The van der Waals surface area contributed by atoms with Gasteiger partial charge in [0.25, 0.3) is 0 Å². The minimum atomic E-state index is -1.30. The number of carboxylic acids is 1. The van der Waals surface area contributed by atoms with Gasteiger partial charge in [-0.15, -0.1) is 0 Å². The van der Waals surface area contributed by atoms with E-state index in [0.717, 1.165) is 37.9 Å². The summed E-state index contributed by atoms with van der Waals surface area (Å²) in [7, 11) is 0. The molecule has 0 unspecified atom stereocenters. The zero-order valence-corrected chi connectivity index (χ0v) is 36.6. The van der Waals surface area contributed by atoms with Gasteiger partial charge in [0.15, 0.2) is 0 Å². The molecule has 4 rings (SSSR count). The zero-order valence-electron chi connectivity index (χ0n) is 35.7. The van der Waals surface area contributed by atoms with Gasteiger partial charge in [-0.3, -0.25) is 38.4 Å². The SMILES string of the molecule is O=C(O)CC[C@H](NC(=O)CNC(=O)[C@H](Cc1cnc[nH]1)NC(=O)CNC(=O)COCCOCCOCCNC(=O)CCCC[C@@H]1SC[C@@H]2NC(=O)N[C@@H]21)C(=O)NCC(=O)N1CCCC1. The lowest BCUT2D eigenvalue weighted by Crippen LogP contribution is -2.54. The maximum Gasteiger partial charge on any atom is 0.315 e. The number of carbonyl (C=O) groups is 9. The molecule has 3 aliphatic heterocycles. The van der Waals surface area contributed by atoms with Gasteiger partial charge in [-0.25, -0.2) is 9.78 Å². The first-order chi connectivity index (χ1) is 30.9. The number of nitrogens with one attached hydrogen (secondary N) is 9. The van der Waals surface area contributed by atoms with Crippen LogP contribution in [0, 0.1) is 0 Å². The van der Waals surface area contributed by atoms with Gasteiger partial charge in [-0.2, -0.15) is 11.8 Å². The average Bonchev–Trinajstić information content (AvgIpc) is 4.11. The normalized spacial score (nSPS) is 18.5. The number of aliphatic carboxylic acids is 1. The van der Waals surface area contributed by atoms with Crippen LogP contribution in [-0.4, -0.2) is 187 Å². The highest BCUT2D eigenvalue weighted by Gasteiger charge is 2.42. The van der Waals surface area contributed by atoms with E-state index in [2.05, 4.69) is 52.5 Å². The minimum absolute atomic E-state index is 0.0387. The number of hydrogen-bond acceptors (Lipinski definition) is 14. The Bertz CT molecular complexity index is 1720. The average molecular weight is 924 g/mol. The molecule has 24 nitrogen and oxygen atoms in total. The summed E-state index contributed by atoms with van der Waals surface area (Å²) >= 11 is 1.86. The van der Waals surface area contributed by atoms with Crippen molar-refractivity contribution in [1.29, 1.82) is 0 Å². The Balaban J connectivity index is 1.02. The highest BCUT2D eigenvalue weighted by molar-refractivity contribution is 8.00. The minimum Gasteiger partial charge on any atom is -0.481 e. The van der Waals surface area contributed by atoms with Crippen molar-refractivity contribution in [2.24, 2.45) is 0 Å². The number of fused-ring (bicyclic) bond motifs is 1. The van der Waals surface area contributed by atoms with Gasteiger partial charge >= 0.3 is 12.0 Å². The maximum atomic E-state index is 13.1. The number of nitrogens with zero attached hydrogens (tertiary/aromatic N) is 2. The highest BCUT2D eigenvalue weighted by Crippen LogP contribution is 2.33. The number of imidazole rings is 1. The third-order valence-corrected chi connectivity index (χ3v) is 11.8. The van der Waals surface area contributed by atoms with E-state index in [1.165, 1.54) is 12.5 Å². The van der Waals surface area contributed by atoms with E-state index in [9.17, 15) is 43.2 Å². The molecule has 0 aromatic carbocycles. The number of carbonyl (C=O) groups excluding carboxylic acids is 8. The van der Waals surface area contributed by atoms with Gasteiger partial charge in [-0.05, 0) is 32.1 Å². The van der Waals surface area contributed by atoms with Crippen LogP contribution in [0.5, 0.6) is 0 Å². The van der Waals surface area contributed by atoms with Crippen molar-refractivity contribution in [1.82, 2.24) is 57.4 Å². The number of H-pyrrole nitrogens is 1. The summed E-state index contributed by atoms with van der Waals surface area (Å²) in [6, 6.07) is -2.25. The number of rotatable bonds is 31. The summed E-state index contributed by atoms with van der Waals surface area (Å²) < 4.78 is 16.2. The van der Waals surface area contributed by atoms with Crippen molar-refractivity contribution < 1.29 is 62.5 Å². The summed E-state index contributed by atoms with van der Waals surface area (Å²) in [6.07, 6.45) is 6.81. The second-order valence-electron chi connectivity index (χ2n) is 15.2. The van der Waals surface area contributed by atoms with Gasteiger partial charge < -0.3 is 71.7 Å². The van der Waals surface area contributed by atoms with E-state index in [-0.39, 0.29) is 75.7 Å². The molecule has 1 aromatic heterocycles. The molecule has 0 spiro atoms. The molecule has 5 atom stereocenters. The van der Waals surface area contributed by atoms with E-state index in [0.29, 0.717) is 50.2 Å². The summed E-state index contributed by atoms with van der Waals surface area (Å²) in [6.45, 7) is 0.870. The first-order valence-electron chi connectivity index (χ1n) is 21.4. The van der Waals surface area contributed by atoms with Crippen LogP contribution in [0.25, 0.3) is 0 Å². The monoisotopic (exact) mass is 923 g/mol. The van der Waals surface area contributed by atoms with Crippen LogP contribution in [0.3, 0.4) is 0 Å². The summed E-state index contributed by atoms with van der Waals surface area (Å²) in [5.41, 5.74) is 0.476. The lowest BCUT2D eigenvalue weighted by molar-refractivity contribution is -0.138. The highest BCUT2D eigenvalue weighted by atomic mass is 32.2. The molecule has 3 aliphatic rings. The number of hydrogen-bond donors (Lipinski definition) is 10. The lowest BCUT2D eigenvalue weighted by Gasteiger charge is -2.21. The molecule has 1 aromatic rings. The number of aromatic amines is 1. The van der Waals surface area contributed by atoms with Crippen LogP contribution in [-0.2, 0) is 59.0 Å². The number of amides is 9. The zero-order chi connectivity index (χ0) is 46.1. The Morgan fingerprint density at radius 2 is 1.45 bits per heavy atom. The Kier molecular flexibility index (Phi) is 22.6. The van der Waals surface area contributed by atoms with Crippen LogP contribution < -0.4 is 42.5 Å². The third kappa shape index (κ3) is 19.5. The topological polar surface area (TPSA) is 330 Å². The molecule has 0 saturated carbocycles. The summed E-state index contributed by atoms with van der Waals surface area (Å²) in [4.78, 5) is 119. The van der Waals surface area contributed by atoms with E-state index < -0.39 is 67.1 Å². The molecule has 64 heavy (non-hydrogen) atoms. The van der Waals surface area contributed by atoms with Crippen LogP contribution in [0.2, 0.25) is 0 Å². The van der Waals surface area contributed by atoms with Crippen LogP contribution in [0.1, 0.15) is 57.1 Å². The molecule has 3 fully saturated rings. The second kappa shape index (κ2) is 28.3. The van der Waals surface area contributed by atoms with Gasteiger partial charge in [0.05, 0.1) is 71.1 Å². The molecule has 25 heteroatoms. The summed E-state index contributed by atoms with van der Waals surface area (Å²) in [5.74, 6) is -4.30. The third-order valence-electron chi connectivity index (χ3n) is 10.3. The number of unbranched alkanes of at least 4 members (excludes halogenated alkanes) is 1. The number of ether oxygens (including phenoxy) is 3. The smallest absolute Gasteiger partial charge is 0.315 e. The van der Waals surface area contributed by atoms with Gasteiger partial charge in [0.1, 0.15) is 18.7 Å². The fraction of sp³-hybridized carbons (Fsp3) is 0.692. The quantitative estimate of drug-likeness (QED) is 0.0257. The van der Waals surface area contributed by atoms with E-state index in [1.807, 2.05) is 11.8 Å².